The van der Waals surface area contributed by atoms with E-state index in [1.807, 2.05) is 0 Å². The molecule has 2 unspecified atom stereocenters. The molecule has 0 saturated carbocycles. The van der Waals surface area contributed by atoms with Gasteiger partial charge >= 0.3 is 5.97 Å². The number of aliphatic imine (C=N–C) groups is 1. The van der Waals surface area contributed by atoms with E-state index in [2.05, 4.69) is 20.9 Å². The van der Waals surface area contributed by atoms with Crippen LogP contribution in [-0.4, -0.2) is 49.3 Å². The summed E-state index contributed by atoms with van der Waals surface area (Å²) in [4.78, 5) is 15.2. The monoisotopic (exact) mass is 226 g/mol. The average molecular weight is 226 g/mol. The number of guanidine groups is 1. The molecule has 0 aromatic rings. The van der Waals surface area contributed by atoms with Gasteiger partial charge < -0.3 is 21.1 Å². The lowest BCUT2D eigenvalue weighted by atomic mass is 9.96. The quantitative estimate of drug-likeness (QED) is 0.485. The van der Waals surface area contributed by atoms with Crippen molar-refractivity contribution in [1.29, 1.82) is 0 Å². The van der Waals surface area contributed by atoms with Gasteiger partial charge in [-0.25, -0.2) is 0 Å². The van der Waals surface area contributed by atoms with Gasteiger partial charge in [-0.2, -0.15) is 0 Å². The molecule has 0 aliphatic carbocycles. The van der Waals surface area contributed by atoms with E-state index in [9.17, 15) is 4.79 Å². The summed E-state index contributed by atoms with van der Waals surface area (Å²) in [7, 11) is 0. The molecule has 0 amide bonds. The Morgan fingerprint density at radius 2 is 2.38 bits per heavy atom. The topological polar surface area (TPSA) is 85.8 Å². The van der Waals surface area contributed by atoms with Gasteiger partial charge in [0, 0.05) is 32.2 Å². The lowest BCUT2D eigenvalue weighted by Gasteiger charge is -2.30. The molecule has 6 nitrogen and oxygen atoms in total. The Kier molecular flexibility index (Phi) is 3.61. The van der Waals surface area contributed by atoms with E-state index in [1.54, 1.807) is 0 Å². The SMILES string of the molecule is O=C(O)C1CNCC(NC2=NCCCN2)C1. The van der Waals surface area contributed by atoms with E-state index >= 15 is 0 Å². The molecule has 2 atom stereocenters. The fourth-order valence-electron chi connectivity index (χ4n) is 2.06. The number of piperidine rings is 1. The zero-order valence-electron chi connectivity index (χ0n) is 9.20. The highest BCUT2D eigenvalue weighted by molar-refractivity contribution is 5.80. The summed E-state index contributed by atoms with van der Waals surface area (Å²) in [5.41, 5.74) is 0. The molecule has 0 aromatic carbocycles. The van der Waals surface area contributed by atoms with E-state index in [1.165, 1.54) is 0 Å². The first-order valence-electron chi connectivity index (χ1n) is 5.74. The molecular formula is C10H18N4O2. The molecule has 2 rings (SSSR count). The number of carboxylic acids is 1. The first-order valence-corrected chi connectivity index (χ1v) is 5.74. The summed E-state index contributed by atoms with van der Waals surface area (Å²) >= 11 is 0. The standard InChI is InChI=1S/C10H18N4O2/c15-9(16)7-4-8(6-11-5-7)14-10-12-2-1-3-13-10/h7-8,11H,1-6H2,(H,15,16)(H2,12,13,14). The number of carboxylic acid groups (broad SMARTS) is 1. The van der Waals surface area contributed by atoms with Crippen LogP contribution in [-0.2, 0) is 4.79 Å². The number of carbonyl (C=O) groups is 1. The van der Waals surface area contributed by atoms with Crippen molar-refractivity contribution in [1.82, 2.24) is 16.0 Å². The average Bonchev–Trinajstić information content (AvgIpc) is 2.30. The van der Waals surface area contributed by atoms with E-state index < -0.39 is 5.97 Å². The molecular weight excluding hydrogens is 208 g/mol. The first kappa shape index (κ1) is 11.2. The summed E-state index contributed by atoms with van der Waals surface area (Å²) in [6, 6.07) is 0.152. The summed E-state index contributed by atoms with van der Waals surface area (Å²) < 4.78 is 0. The molecule has 0 spiro atoms. The third kappa shape index (κ3) is 2.85. The summed E-state index contributed by atoms with van der Waals surface area (Å²) in [6.45, 7) is 3.14. The zero-order valence-corrected chi connectivity index (χ0v) is 9.20. The predicted octanol–water partition coefficient (Wildman–Crippen LogP) is -1.01. The minimum absolute atomic E-state index is 0.152. The van der Waals surface area contributed by atoms with Crippen LogP contribution in [0.1, 0.15) is 12.8 Å². The largest absolute Gasteiger partial charge is 0.481 e. The number of nitrogens with zero attached hydrogens (tertiary/aromatic N) is 1. The number of nitrogens with one attached hydrogen (secondary N) is 3. The van der Waals surface area contributed by atoms with Crippen molar-refractivity contribution < 1.29 is 9.90 Å². The highest BCUT2D eigenvalue weighted by atomic mass is 16.4. The Morgan fingerprint density at radius 1 is 1.50 bits per heavy atom. The van der Waals surface area contributed by atoms with Gasteiger partial charge in [0.25, 0.3) is 0 Å². The van der Waals surface area contributed by atoms with E-state index in [0.717, 1.165) is 32.0 Å². The van der Waals surface area contributed by atoms with Gasteiger partial charge in [-0.15, -0.1) is 0 Å². The Balaban J connectivity index is 1.85. The van der Waals surface area contributed by atoms with Crippen molar-refractivity contribution in [3.63, 3.8) is 0 Å². The van der Waals surface area contributed by atoms with Gasteiger partial charge in [0.2, 0.25) is 0 Å². The van der Waals surface area contributed by atoms with Gasteiger partial charge in [-0.3, -0.25) is 9.79 Å². The van der Waals surface area contributed by atoms with Crippen LogP contribution in [0, 0.1) is 5.92 Å². The Morgan fingerprint density at radius 3 is 3.06 bits per heavy atom. The fraction of sp³-hybridized carbons (Fsp3) is 0.800. The minimum atomic E-state index is -0.724. The van der Waals surface area contributed by atoms with Gasteiger partial charge in [-0.05, 0) is 12.8 Å². The van der Waals surface area contributed by atoms with Crippen LogP contribution < -0.4 is 16.0 Å². The van der Waals surface area contributed by atoms with Crippen molar-refractivity contribution in [3.05, 3.63) is 0 Å². The molecule has 0 bridgehead atoms. The lowest BCUT2D eigenvalue weighted by Crippen LogP contribution is -2.54. The van der Waals surface area contributed by atoms with Crippen LogP contribution in [0.2, 0.25) is 0 Å². The van der Waals surface area contributed by atoms with Crippen LogP contribution in [0.25, 0.3) is 0 Å². The van der Waals surface area contributed by atoms with Crippen LogP contribution in [0.5, 0.6) is 0 Å². The maximum absolute atomic E-state index is 10.9. The van der Waals surface area contributed by atoms with Gasteiger partial charge in [0.05, 0.1) is 5.92 Å². The number of rotatable bonds is 2. The maximum Gasteiger partial charge on any atom is 0.307 e. The molecule has 1 saturated heterocycles. The van der Waals surface area contributed by atoms with Gasteiger partial charge in [0.1, 0.15) is 0 Å². The molecule has 4 N–H and O–H groups in total. The molecule has 6 heteroatoms. The highest BCUT2D eigenvalue weighted by Gasteiger charge is 2.27. The van der Waals surface area contributed by atoms with Crippen molar-refractivity contribution in [3.8, 4) is 0 Å². The van der Waals surface area contributed by atoms with Crippen molar-refractivity contribution in [2.24, 2.45) is 10.9 Å². The van der Waals surface area contributed by atoms with Crippen LogP contribution in [0.4, 0.5) is 0 Å². The molecule has 16 heavy (non-hydrogen) atoms. The smallest absolute Gasteiger partial charge is 0.307 e. The molecule has 2 aliphatic rings. The number of aliphatic carboxylic acids is 1. The Labute approximate surface area is 94.5 Å². The van der Waals surface area contributed by atoms with E-state index in [0.29, 0.717) is 13.0 Å². The van der Waals surface area contributed by atoms with E-state index in [-0.39, 0.29) is 12.0 Å². The third-order valence-corrected chi connectivity index (χ3v) is 2.94. The van der Waals surface area contributed by atoms with Crippen molar-refractivity contribution in [2.75, 3.05) is 26.2 Å². The molecule has 90 valence electrons. The molecule has 0 aromatic heterocycles. The summed E-state index contributed by atoms with van der Waals surface area (Å²) in [6.07, 6.45) is 1.72. The van der Waals surface area contributed by atoms with Crippen molar-refractivity contribution >= 4 is 11.9 Å². The third-order valence-electron chi connectivity index (χ3n) is 2.94. The van der Waals surface area contributed by atoms with Crippen molar-refractivity contribution in [2.45, 2.75) is 18.9 Å². The fourth-order valence-corrected chi connectivity index (χ4v) is 2.06. The normalized spacial score (nSPS) is 30.1. The number of hydrogen-bond acceptors (Lipinski definition) is 5. The molecule has 2 heterocycles. The molecule has 2 aliphatic heterocycles. The first-order chi connectivity index (χ1) is 7.75. The van der Waals surface area contributed by atoms with Crippen LogP contribution >= 0.6 is 0 Å². The zero-order chi connectivity index (χ0) is 11.4. The van der Waals surface area contributed by atoms with Crippen LogP contribution in [0.3, 0.4) is 0 Å². The number of hydrogen-bond donors (Lipinski definition) is 4. The Hall–Kier alpha value is -1.30. The second-order valence-electron chi connectivity index (χ2n) is 4.28. The predicted molar refractivity (Wildman–Crippen MR) is 60.5 cm³/mol. The summed E-state index contributed by atoms with van der Waals surface area (Å²) in [5, 5.41) is 18.5. The maximum atomic E-state index is 10.9. The molecule has 0 radical (unpaired) electrons. The summed E-state index contributed by atoms with van der Waals surface area (Å²) in [5.74, 6) is -0.211. The lowest BCUT2D eigenvalue weighted by molar-refractivity contribution is -0.142. The van der Waals surface area contributed by atoms with Crippen LogP contribution in [0.15, 0.2) is 4.99 Å². The highest BCUT2D eigenvalue weighted by Crippen LogP contribution is 2.10. The second kappa shape index (κ2) is 5.16. The molecule has 1 fully saturated rings. The second-order valence-corrected chi connectivity index (χ2v) is 4.28. The Bertz CT molecular complexity index is 293. The minimum Gasteiger partial charge on any atom is -0.481 e. The van der Waals surface area contributed by atoms with E-state index in [4.69, 9.17) is 5.11 Å². The van der Waals surface area contributed by atoms with Gasteiger partial charge in [0.15, 0.2) is 5.96 Å². The van der Waals surface area contributed by atoms with Gasteiger partial charge in [-0.1, -0.05) is 0 Å².